The molecule has 0 aromatic rings. The molecule has 12 atom stereocenters. The molecule has 0 aromatic carbocycles. The molecule has 0 amide bonds. The van der Waals surface area contributed by atoms with Gasteiger partial charge < -0.3 is 50.6 Å². The third-order valence-electron chi connectivity index (χ3n) is 10.2. The molecule has 12 heteroatoms. The minimum atomic E-state index is -1.48. The first-order valence-electron chi connectivity index (χ1n) is 17.7. The Labute approximate surface area is 274 Å². The highest BCUT2D eigenvalue weighted by molar-refractivity contribution is 5.71. The van der Waals surface area contributed by atoms with Crippen LogP contribution in [-0.4, -0.2) is 103 Å². The predicted molar refractivity (Wildman–Crippen MR) is 169 cm³/mol. The minimum absolute atomic E-state index is 0.00726. The molecule has 0 radical (unpaired) electrons. The number of ether oxygens (including phenoxy) is 3. The standard InChI is InChI=1S/C34H61NO11/c1-21-13-9-6-4-3-5-7-11-15-25(46-33-31(40)29(35)30(39)22(2)45-33)17-23-18-34(43,20-26(37)28(23)32(41)42)19-24(36)14-10-8-12-16-27(38)44-21/h21-26,28-31,33,36-37,39-40,43H,3-20,35H2,1-2H3,(H,41,42). The molecular weight excluding hydrogens is 598 g/mol. The summed E-state index contributed by atoms with van der Waals surface area (Å²) in [5.41, 5.74) is 4.57. The van der Waals surface area contributed by atoms with Gasteiger partial charge in [0.15, 0.2) is 6.29 Å². The summed E-state index contributed by atoms with van der Waals surface area (Å²) in [6.07, 6.45) is 4.09. The van der Waals surface area contributed by atoms with E-state index >= 15 is 0 Å². The normalized spacial score (nSPS) is 42.3. The van der Waals surface area contributed by atoms with Crippen LogP contribution in [0.15, 0.2) is 0 Å². The number of carboxylic acids is 1. The highest BCUT2D eigenvalue weighted by atomic mass is 16.7. The van der Waals surface area contributed by atoms with Crippen molar-refractivity contribution in [3.05, 3.63) is 0 Å². The summed E-state index contributed by atoms with van der Waals surface area (Å²) in [6.45, 7) is 3.57. The summed E-state index contributed by atoms with van der Waals surface area (Å²) in [4.78, 5) is 24.6. The first-order chi connectivity index (χ1) is 21.8. The van der Waals surface area contributed by atoms with E-state index in [9.17, 15) is 40.2 Å². The average Bonchev–Trinajstić information content (AvgIpc) is 2.96. The lowest BCUT2D eigenvalue weighted by molar-refractivity contribution is -0.283. The third kappa shape index (κ3) is 12.3. The van der Waals surface area contributed by atoms with Gasteiger partial charge in [0.05, 0.1) is 54.2 Å². The number of carbonyl (C=O) groups excluding carboxylic acids is 1. The minimum Gasteiger partial charge on any atom is -0.481 e. The van der Waals surface area contributed by atoms with Gasteiger partial charge in [-0.05, 0) is 64.7 Å². The smallest absolute Gasteiger partial charge is 0.309 e. The number of rotatable bonds is 3. The van der Waals surface area contributed by atoms with Crippen LogP contribution in [0.4, 0.5) is 0 Å². The van der Waals surface area contributed by atoms with E-state index in [0.29, 0.717) is 32.1 Å². The predicted octanol–water partition coefficient (Wildman–Crippen LogP) is 2.92. The van der Waals surface area contributed by atoms with Crippen molar-refractivity contribution >= 4 is 11.9 Å². The van der Waals surface area contributed by atoms with Crippen molar-refractivity contribution in [3.8, 4) is 0 Å². The van der Waals surface area contributed by atoms with Gasteiger partial charge in [0.25, 0.3) is 0 Å². The van der Waals surface area contributed by atoms with Gasteiger partial charge in [0.2, 0.25) is 0 Å². The van der Waals surface area contributed by atoms with E-state index in [0.717, 1.165) is 57.8 Å². The largest absolute Gasteiger partial charge is 0.481 e. The zero-order valence-corrected chi connectivity index (χ0v) is 27.9. The molecule has 2 aliphatic heterocycles. The Morgan fingerprint density at radius 2 is 1.46 bits per heavy atom. The first-order valence-corrected chi connectivity index (χ1v) is 17.7. The first kappa shape index (κ1) is 39.1. The van der Waals surface area contributed by atoms with Crippen LogP contribution in [0.1, 0.15) is 129 Å². The van der Waals surface area contributed by atoms with Crippen LogP contribution in [-0.2, 0) is 23.8 Å². The number of aliphatic carboxylic acids is 1. The SMILES string of the molecule is CC1CCCCCCCCCC(OC2OC(C)C(O)C(N)C2O)CC2CC(O)(CC(O)CCCCCC(=O)O1)CC(O)C2C(=O)O. The van der Waals surface area contributed by atoms with Crippen molar-refractivity contribution in [1.82, 2.24) is 0 Å². The highest BCUT2D eigenvalue weighted by Crippen LogP contribution is 2.43. The quantitative estimate of drug-likeness (QED) is 0.218. The van der Waals surface area contributed by atoms with E-state index < -0.39 is 72.4 Å². The van der Waals surface area contributed by atoms with E-state index in [-0.39, 0.29) is 37.8 Å². The highest BCUT2D eigenvalue weighted by Gasteiger charge is 2.49. The topological polar surface area (TPSA) is 209 Å². The zero-order valence-electron chi connectivity index (χ0n) is 27.9. The van der Waals surface area contributed by atoms with Crippen LogP contribution in [0, 0.1) is 11.8 Å². The fraction of sp³-hybridized carbons (Fsp3) is 0.941. The molecule has 0 aromatic heterocycles. The lowest BCUT2D eigenvalue weighted by atomic mass is 9.66. The number of carbonyl (C=O) groups is 2. The van der Waals surface area contributed by atoms with Gasteiger partial charge in [0, 0.05) is 19.3 Å². The molecule has 1 saturated carbocycles. The molecule has 3 rings (SSSR count). The van der Waals surface area contributed by atoms with Gasteiger partial charge in [-0.2, -0.15) is 0 Å². The van der Waals surface area contributed by atoms with Gasteiger partial charge in [-0.3, -0.25) is 9.59 Å². The van der Waals surface area contributed by atoms with Crippen molar-refractivity contribution < 1.29 is 54.4 Å². The molecule has 46 heavy (non-hydrogen) atoms. The Kier molecular flexibility index (Phi) is 16.1. The zero-order chi connectivity index (χ0) is 33.9. The van der Waals surface area contributed by atoms with E-state index in [1.807, 2.05) is 6.92 Å². The van der Waals surface area contributed by atoms with Crippen LogP contribution >= 0.6 is 0 Å². The van der Waals surface area contributed by atoms with Crippen LogP contribution in [0.5, 0.6) is 0 Å². The summed E-state index contributed by atoms with van der Waals surface area (Å²) in [5, 5.41) is 64.5. The molecule has 3 fully saturated rings. The lowest BCUT2D eigenvalue weighted by Crippen LogP contribution is -2.61. The van der Waals surface area contributed by atoms with Crippen LogP contribution < -0.4 is 5.73 Å². The number of esters is 1. The molecule has 12 unspecified atom stereocenters. The Hall–Kier alpha value is -1.38. The van der Waals surface area contributed by atoms with Crippen LogP contribution in [0.25, 0.3) is 0 Å². The number of hydrogen-bond acceptors (Lipinski definition) is 11. The Morgan fingerprint density at radius 3 is 2.13 bits per heavy atom. The van der Waals surface area contributed by atoms with E-state index in [1.165, 1.54) is 0 Å². The van der Waals surface area contributed by atoms with Gasteiger partial charge in [-0.25, -0.2) is 0 Å². The maximum atomic E-state index is 12.4. The van der Waals surface area contributed by atoms with Gasteiger partial charge in [-0.1, -0.05) is 51.4 Å². The molecule has 0 spiro atoms. The average molecular weight is 660 g/mol. The molecule has 8 N–H and O–H groups in total. The van der Waals surface area contributed by atoms with Crippen molar-refractivity contribution in [1.29, 1.82) is 0 Å². The molecule has 2 saturated heterocycles. The number of aliphatic hydroxyl groups is 5. The molecule has 2 heterocycles. The van der Waals surface area contributed by atoms with Crippen molar-refractivity contribution in [2.24, 2.45) is 17.6 Å². The molecular formula is C34H61NO11. The maximum absolute atomic E-state index is 12.4. The number of cyclic esters (lactones) is 1. The third-order valence-corrected chi connectivity index (χ3v) is 10.2. The lowest BCUT2D eigenvalue weighted by Gasteiger charge is -2.45. The summed E-state index contributed by atoms with van der Waals surface area (Å²) in [6, 6.07) is -0.978. The van der Waals surface area contributed by atoms with Crippen LogP contribution in [0.3, 0.4) is 0 Å². The second kappa shape index (κ2) is 19.0. The number of fused-ring (bicyclic) bond motifs is 2. The van der Waals surface area contributed by atoms with E-state index in [1.54, 1.807) is 6.92 Å². The maximum Gasteiger partial charge on any atom is 0.309 e. The monoisotopic (exact) mass is 659 g/mol. The number of hydrogen-bond donors (Lipinski definition) is 7. The van der Waals surface area contributed by atoms with Gasteiger partial charge in [0.1, 0.15) is 6.10 Å². The van der Waals surface area contributed by atoms with Crippen LogP contribution in [0.2, 0.25) is 0 Å². The number of aliphatic hydroxyl groups excluding tert-OH is 4. The molecule has 3 aliphatic rings. The van der Waals surface area contributed by atoms with Crippen molar-refractivity contribution in [3.63, 3.8) is 0 Å². The van der Waals surface area contributed by atoms with Crippen molar-refractivity contribution in [2.45, 2.75) is 190 Å². The molecule has 1 aliphatic carbocycles. The van der Waals surface area contributed by atoms with E-state index in [2.05, 4.69) is 0 Å². The summed E-state index contributed by atoms with van der Waals surface area (Å²) < 4.78 is 17.6. The summed E-state index contributed by atoms with van der Waals surface area (Å²) in [5.74, 6) is -3.16. The fourth-order valence-electron chi connectivity index (χ4n) is 7.64. The second-order valence-corrected chi connectivity index (χ2v) is 14.4. The fourth-order valence-corrected chi connectivity index (χ4v) is 7.64. The second-order valence-electron chi connectivity index (χ2n) is 14.4. The Morgan fingerprint density at radius 1 is 0.848 bits per heavy atom. The molecule has 268 valence electrons. The summed E-state index contributed by atoms with van der Waals surface area (Å²) >= 11 is 0. The van der Waals surface area contributed by atoms with Gasteiger partial charge in [-0.15, -0.1) is 0 Å². The Bertz CT molecular complexity index is 924. The van der Waals surface area contributed by atoms with Gasteiger partial charge >= 0.3 is 11.9 Å². The van der Waals surface area contributed by atoms with Crippen molar-refractivity contribution in [2.75, 3.05) is 0 Å². The number of nitrogens with two attached hydrogens (primary N) is 1. The Balaban J connectivity index is 1.75. The molecule has 2 bridgehead atoms. The van der Waals surface area contributed by atoms with E-state index in [4.69, 9.17) is 19.9 Å². The summed E-state index contributed by atoms with van der Waals surface area (Å²) in [7, 11) is 0. The molecule has 12 nitrogen and oxygen atoms in total. The number of carboxylic acid groups (broad SMARTS) is 1.